The van der Waals surface area contributed by atoms with Crippen molar-refractivity contribution < 1.29 is 9.13 Å². The number of aliphatic imine (C=N–C) groups is 1. The van der Waals surface area contributed by atoms with E-state index in [9.17, 15) is 4.39 Å². The molecule has 0 aliphatic rings. The van der Waals surface area contributed by atoms with Gasteiger partial charge in [0.05, 0.1) is 6.54 Å². The van der Waals surface area contributed by atoms with Gasteiger partial charge in [0.1, 0.15) is 17.7 Å². The molecule has 0 aliphatic heterocycles. The lowest BCUT2D eigenvalue weighted by atomic mass is 10.2. The lowest BCUT2D eigenvalue weighted by Crippen LogP contribution is -2.42. The summed E-state index contributed by atoms with van der Waals surface area (Å²) in [5, 5.41) is 6.24. The molecular weight excluding hydrogens is 257 g/mol. The summed E-state index contributed by atoms with van der Waals surface area (Å²) < 4.78 is 18.8. The van der Waals surface area contributed by atoms with Crippen LogP contribution in [0.25, 0.3) is 0 Å². The van der Waals surface area contributed by atoms with Crippen LogP contribution in [0.5, 0.6) is 5.75 Å². The maximum Gasteiger partial charge on any atom is 0.191 e. The zero-order chi connectivity index (χ0) is 14.8. The molecule has 2 N–H and O–H groups in total. The van der Waals surface area contributed by atoms with Gasteiger partial charge < -0.3 is 15.4 Å². The normalized spacial score (nSPS) is 12.7. The van der Waals surface area contributed by atoms with Crippen LogP contribution in [0.15, 0.2) is 41.9 Å². The molecule has 0 amide bonds. The SMILES string of the molecule is C=CCNC(=NC)NCC(CC)Oc1cccc(F)c1. The number of benzene rings is 1. The fourth-order valence-corrected chi connectivity index (χ4v) is 1.60. The molecule has 1 rings (SSSR count). The van der Waals surface area contributed by atoms with Gasteiger partial charge >= 0.3 is 0 Å². The van der Waals surface area contributed by atoms with Crippen molar-refractivity contribution in [1.82, 2.24) is 10.6 Å². The molecule has 1 aromatic rings. The van der Waals surface area contributed by atoms with Crippen molar-refractivity contribution in [2.24, 2.45) is 4.99 Å². The standard InChI is InChI=1S/C15H22FN3O/c1-4-9-18-15(17-3)19-11-13(5-2)20-14-8-6-7-12(16)10-14/h4,6-8,10,13H,1,5,9,11H2,2-3H3,(H2,17,18,19). The van der Waals surface area contributed by atoms with Crippen LogP contribution in [0.3, 0.4) is 0 Å². The Bertz CT molecular complexity index is 448. The highest BCUT2D eigenvalue weighted by Crippen LogP contribution is 2.14. The van der Waals surface area contributed by atoms with Crippen LogP contribution in [0.1, 0.15) is 13.3 Å². The maximum atomic E-state index is 13.1. The Balaban J connectivity index is 2.48. The van der Waals surface area contributed by atoms with Crippen molar-refractivity contribution in [3.63, 3.8) is 0 Å². The Labute approximate surface area is 119 Å². The molecule has 4 nitrogen and oxygen atoms in total. The van der Waals surface area contributed by atoms with Crippen molar-refractivity contribution in [3.05, 3.63) is 42.7 Å². The minimum atomic E-state index is -0.297. The van der Waals surface area contributed by atoms with E-state index in [4.69, 9.17) is 4.74 Å². The summed E-state index contributed by atoms with van der Waals surface area (Å²) in [6.07, 6.45) is 2.51. The smallest absolute Gasteiger partial charge is 0.191 e. The van der Waals surface area contributed by atoms with E-state index in [1.165, 1.54) is 12.1 Å². The minimum Gasteiger partial charge on any atom is -0.489 e. The predicted octanol–water partition coefficient (Wildman–Crippen LogP) is 2.33. The van der Waals surface area contributed by atoms with Crippen molar-refractivity contribution in [2.45, 2.75) is 19.4 Å². The van der Waals surface area contributed by atoms with E-state index in [0.717, 1.165) is 6.42 Å². The second-order valence-corrected chi connectivity index (χ2v) is 4.23. The molecule has 0 bridgehead atoms. The van der Waals surface area contributed by atoms with Gasteiger partial charge in [-0.2, -0.15) is 0 Å². The molecule has 0 fully saturated rings. The molecule has 0 heterocycles. The highest BCUT2D eigenvalue weighted by atomic mass is 19.1. The summed E-state index contributed by atoms with van der Waals surface area (Å²) in [5.74, 6) is 0.924. The van der Waals surface area contributed by atoms with E-state index in [-0.39, 0.29) is 11.9 Å². The van der Waals surface area contributed by atoms with Crippen LogP contribution < -0.4 is 15.4 Å². The number of ether oxygens (including phenoxy) is 1. The van der Waals surface area contributed by atoms with Crippen LogP contribution in [0.4, 0.5) is 4.39 Å². The Hall–Kier alpha value is -2.04. The third kappa shape index (κ3) is 5.73. The van der Waals surface area contributed by atoms with Gasteiger partial charge in [-0.25, -0.2) is 4.39 Å². The Morgan fingerprint density at radius 2 is 2.30 bits per heavy atom. The molecule has 110 valence electrons. The molecule has 1 unspecified atom stereocenters. The number of rotatable bonds is 7. The second kappa shape index (κ2) is 8.96. The molecule has 1 aromatic carbocycles. The minimum absolute atomic E-state index is 0.0564. The van der Waals surface area contributed by atoms with Gasteiger partial charge in [0.15, 0.2) is 5.96 Å². The number of halogens is 1. The topological polar surface area (TPSA) is 45.7 Å². The maximum absolute atomic E-state index is 13.1. The third-order valence-corrected chi connectivity index (χ3v) is 2.69. The van der Waals surface area contributed by atoms with Crippen molar-refractivity contribution >= 4 is 5.96 Å². The van der Waals surface area contributed by atoms with Gasteiger partial charge in [-0.05, 0) is 18.6 Å². The third-order valence-electron chi connectivity index (χ3n) is 2.69. The van der Waals surface area contributed by atoms with E-state index >= 15 is 0 Å². The first-order valence-corrected chi connectivity index (χ1v) is 6.67. The van der Waals surface area contributed by atoms with Crippen molar-refractivity contribution in [3.8, 4) is 5.75 Å². The van der Waals surface area contributed by atoms with E-state index in [0.29, 0.717) is 24.8 Å². The number of nitrogens with zero attached hydrogens (tertiary/aromatic N) is 1. The van der Waals surface area contributed by atoms with E-state index in [1.54, 1.807) is 25.3 Å². The van der Waals surface area contributed by atoms with Crippen molar-refractivity contribution in [2.75, 3.05) is 20.1 Å². The first kappa shape index (κ1) is 16.0. The van der Waals surface area contributed by atoms with Crippen LogP contribution in [0, 0.1) is 5.82 Å². The number of nitrogens with one attached hydrogen (secondary N) is 2. The van der Waals surface area contributed by atoms with Gasteiger partial charge in [0, 0.05) is 19.7 Å². The molecule has 0 saturated heterocycles. The number of hydrogen-bond acceptors (Lipinski definition) is 2. The van der Waals surface area contributed by atoms with Crippen molar-refractivity contribution in [1.29, 1.82) is 0 Å². The lowest BCUT2D eigenvalue weighted by Gasteiger charge is -2.19. The van der Waals surface area contributed by atoms with E-state index < -0.39 is 0 Å². The monoisotopic (exact) mass is 279 g/mol. The van der Waals surface area contributed by atoms with E-state index in [2.05, 4.69) is 22.2 Å². The summed E-state index contributed by atoms with van der Waals surface area (Å²) in [5.41, 5.74) is 0. The Morgan fingerprint density at radius 1 is 1.50 bits per heavy atom. The zero-order valence-electron chi connectivity index (χ0n) is 12.0. The molecule has 0 saturated carbocycles. The van der Waals surface area contributed by atoms with Crippen LogP contribution in [0.2, 0.25) is 0 Å². The molecule has 1 atom stereocenters. The van der Waals surface area contributed by atoms with Gasteiger partial charge in [-0.3, -0.25) is 4.99 Å². The Kier molecular flexibility index (Phi) is 7.17. The van der Waals surface area contributed by atoms with Gasteiger partial charge in [-0.15, -0.1) is 6.58 Å². The predicted molar refractivity (Wildman–Crippen MR) is 80.7 cm³/mol. The lowest BCUT2D eigenvalue weighted by molar-refractivity contribution is 0.199. The molecule has 0 spiro atoms. The fourth-order valence-electron chi connectivity index (χ4n) is 1.60. The summed E-state index contributed by atoms with van der Waals surface area (Å²) >= 11 is 0. The van der Waals surface area contributed by atoms with Crippen LogP contribution in [-0.4, -0.2) is 32.2 Å². The first-order chi connectivity index (χ1) is 9.69. The largest absolute Gasteiger partial charge is 0.489 e. The quantitative estimate of drug-likeness (QED) is 0.457. The van der Waals surface area contributed by atoms with Crippen LogP contribution >= 0.6 is 0 Å². The van der Waals surface area contributed by atoms with Gasteiger partial charge in [-0.1, -0.05) is 19.1 Å². The number of guanidine groups is 1. The van der Waals surface area contributed by atoms with Crippen LogP contribution in [-0.2, 0) is 0 Å². The molecular formula is C15H22FN3O. The average Bonchev–Trinajstić information content (AvgIpc) is 2.46. The molecule has 0 aromatic heterocycles. The fraction of sp³-hybridized carbons (Fsp3) is 0.400. The first-order valence-electron chi connectivity index (χ1n) is 6.67. The van der Waals surface area contributed by atoms with E-state index in [1.807, 2.05) is 6.92 Å². The summed E-state index contributed by atoms with van der Waals surface area (Å²) in [4.78, 5) is 4.08. The summed E-state index contributed by atoms with van der Waals surface area (Å²) in [6, 6.07) is 6.16. The summed E-state index contributed by atoms with van der Waals surface area (Å²) in [7, 11) is 1.70. The van der Waals surface area contributed by atoms with Gasteiger partial charge in [0.25, 0.3) is 0 Å². The average molecular weight is 279 g/mol. The molecule has 0 radical (unpaired) electrons. The Morgan fingerprint density at radius 3 is 2.90 bits per heavy atom. The highest BCUT2D eigenvalue weighted by Gasteiger charge is 2.09. The summed E-state index contributed by atoms with van der Waals surface area (Å²) in [6.45, 7) is 6.88. The molecule has 5 heteroatoms. The molecule has 20 heavy (non-hydrogen) atoms. The second-order valence-electron chi connectivity index (χ2n) is 4.23. The zero-order valence-corrected chi connectivity index (χ0v) is 12.0. The molecule has 0 aliphatic carbocycles. The number of hydrogen-bond donors (Lipinski definition) is 2. The van der Waals surface area contributed by atoms with Gasteiger partial charge in [0.2, 0.25) is 0 Å². The highest BCUT2D eigenvalue weighted by molar-refractivity contribution is 5.79.